The van der Waals surface area contributed by atoms with Gasteiger partial charge < -0.3 is 10.6 Å². The van der Waals surface area contributed by atoms with E-state index >= 15 is 0 Å². The van der Waals surface area contributed by atoms with Crippen LogP contribution in [0.2, 0.25) is 0 Å². The zero-order valence-corrected chi connectivity index (χ0v) is 13.8. The molecular weight excluding hydrogens is 308 g/mol. The van der Waals surface area contributed by atoms with E-state index in [9.17, 15) is 13.2 Å². The molecule has 2 amide bonds. The van der Waals surface area contributed by atoms with Gasteiger partial charge in [0.1, 0.15) is 0 Å². The Bertz CT molecular complexity index is 555. The highest BCUT2D eigenvalue weighted by molar-refractivity contribution is 7.91. The summed E-state index contributed by atoms with van der Waals surface area (Å²) in [6.45, 7) is 3.15. The Kier molecular flexibility index (Phi) is 5.64. The van der Waals surface area contributed by atoms with Crippen LogP contribution in [0.4, 0.5) is 4.79 Å². The number of urea groups is 1. The summed E-state index contributed by atoms with van der Waals surface area (Å²) in [5.74, 6) is 0.881. The molecular formula is C14H22N2O3S2. The fourth-order valence-corrected chi connectivity index (χ4v) is 5.18. The summed E-state index contributed by atoms with van der Waals surface area (Å²) in [6, 6.07) is 3.92. The van der Waals surface area contributed by atoms with Crippen molar-refractivity contribution in [3.63, 3.8) is 0 Å². The van der Waals surface area contributed by atoms with Gasteiger partial charge in [0, 0.05) is 18.0 Å². The quantitative estimate of drug-likeness (QED) is 0.833. The summed E-state index contributed by atoms with van der Waals surface area (Å²) in [4.78, 5) is 13.0. The number of sulfone groups is 1. The number of hydrogen-bond acceptors (Lipinski definition) is 4. The van der Waals surface area contributed by atoms with Crippen molar-refractivity contribution in [3.05, 3.63) is 22.4 Å². The molecule has 0 aliphatic carbocycles. The number of carbonyl (C=O) groups excluding carboxylic acids is 1. The van der Waals surface area contributed by atoms with Gasteiger partial charge in [0.2, 0.25) is 0 Å². The van der Waals surface area contributed by atoms with Crippen molar-refractivity contribution in [1.82, 2.24) is 10.6 Å². The Morgan fingerprint density at radius 1 is 1.48 bits per heavy atom. The first-order chi connectivity index (χ1) is 9.94. The predicted octanol–water partition coefficient (Wildman–Crippen LogP) is 1.66. The minimum absolute atomic E-state index is 0.0595. The molecule has 0 bridgehead atoms. The van der Waals surface area contributed by atoms with Crippen LogP contribution in [0.3, 0.4) is 0 Å². The highest BCUT2D eigenvalue weighted by Crippen LogP contribution is 2.17. The lowest BCUT2D eigenvalue weighted by Crippen LogP contribution is -2.40. The van der Waals surface area contributed by atoms with Crippen molar-refractivity contribution >= 4 is 27.2 Å². The fraction of sp³-hybridized carbons (Fsp3) is 0.643. The number of carbonyl (C=O) groups is 1. The molecule has 0 radical (unpaired) electrons. The molecule has 1 saturated heterocycles. The van der Waals surface area contributed by atoms with Crippen LogP contribution in [0.15, 0.2) is 17.5 Å². The maximum Gasteiger partial charge on any atom is 0.314 e. The largest absolute Gasteiger partial charge is 0.338 e. The topological polar surface area (TPSA) is 75.3 Å². The first kappa shape index (κ1) is 16.3. The van der Waals surface area contributed by atoms with Gasteiger partial charge in [0.25, 0.3) is 0 Å². The van der Waals surface area contributed by atoms with Gasteiger partial charge >= 0.3 is 6.03 Å². The van der Waals surface area contributed by atoms with E-state index in [2.05, 4.69) is 29.0 Å². The number of rotatable bonds is 6. The molecule has 1 fully saturated rings. The molecule has 2 heterocycles. The molecule has 2 rings (SSSR count). The Balaban J connectivity index is 1.61. The Morgan fingerprint density at radius 2 is 2.29 bits per heavy atom. The monoisotopic (exact) mass is 330 g/mol. The zero-order chi connectivity index (χ0) is 15.3. The lowest BCUT2D eigenvalue weighted by atomic mass is 10.1. The maximum absolute atomic E-state index is 11.7. The molecule has 118 valence electrons. The van der Waals surface area contributed by atoms with E-state index in [4.69, 9.17) is 0 Å². The van der Waals surface area contributed by atoms with Crippen LogP contribution < -0.4 is 10.6 Å². The zero-order valence-electron chi connectivity index (χ0n) is 12.2. The van der Waals surface area contributed by atoms with Crippen LogP contribution in [0.25, 0.3) is 0 Å². The minimum Gasteiger partial charge on any atom is -0.338 e. The van der Waals surface area contributed by atoms with E-state index in [1.807, 2.05) is 6.07 Å². The normalized spacial score (nSPS) is 21.9. The lowest BCUT2D eigenvalue weighted by molar-refractivity contribution is 0.237. The maximum atomic E-state index is 11.7. The van der Waals surface area contributed by atoms with Gasteiger partial charge in [0.15, 0.2) is 9.84 Å². The molecule has 21 heavy (non-hydrogen) atoms. The average Bonchev–Trinajstić information content (AvgIpc) is 3.03. The standard InChI is InChI=1S/C14H22N2O3S2/c1-11(7-13-3-2-5-20-13)8-15-14(17)16-9-12-4-6-21(18,19)10-12/h2-3,5,11-12H,4,6-10H2,1H3,(H2,15,16,17)/t11-,12-/m1/s1. The molecule has 0 spiro atoms. The highest BCUT2D eigenvalue weighted by atomic mass is 32.2. The summed E-state index contributed by atoms with van der Waals surface area (Å²) in [6.07, 6.45) is 1.61. The van der Waals surface area contributed by atoms with Gasteiger partial charge in [0.05, 0.1) is 11.5 Å². The van der Waals surface area contributed by atoms with Crippen LogP contribution in [-0.2, 0) is 16.3 Å². The van der Waals surface area contributed by atoms with E-state index in [-0.39, 0.29) is 23.5 Å². The summed E-state index contributed by atoms with van der Waals surface area (Å²) < 4.78 is 22.6. The third-order valence-corrected chi connectivity index (χ3v) is 6.35. The van der Waals surface area contributed by atoms with E-state index in [1.54, 1.807) is 11.3 Å². The highest BCUT2D eigenvalue weighted by Gasteiger charge is 2.27. The number of nitrogens with one attached hydrogen (secondary N) is 2. The summed E-state index contributed by atoms with van der Waals surface area (Å²) in [5.41, 5.74) is 0. The van der Waals surface area contributed by atoms with Gasteiger partial charge in [-0.2, -0.15) is 0 Å². The third kappa shape index (κ3) is 5.67. The SMILES string of the molecule is C[C@@H](CNC(=O)NC[C@H]1CCS(=O)(=O)C1)Cc1cccs1. The van der Waals surface area contributed by atoms with Gasteiger partial charge in [-0.25, -0.2) is 13.2 Å². The number of hydrogen-bond donors (Lipinski definition) is 2. The average molecular weight is 330 g/mol. The molecule has 1 aromatic rings. The molecule has 2 atom stereocenters. The van der Waals surface area contributed by atoms with Crippen molar-refractivity contribution in [2.45, 2.75) is 19.8 Å². The minimum atomic E-state index is -2.87. The molecule has 0 unspecified atom stereocenters. The predicted molar refractivity (Wildman–Crippen MR) is 85.3 cm³/mol. The number of thiophene rings is 1. The summed E-state index contributed by atoms with van der Waals surface area (Å²) in [7, 11) is -2.87. The molecule has 0 aromatic carbocycles. The van der Waals surface area contributed by atoms with E-state index in [1.165, 1.54) is 4.88 Å². The number of amides is 2. The van der Waals surface area contributed by atoms with Crippen molar-refractivity contribution < 1.29 is 13.2 Å². The molecule has 5 nitrogen and oxygen atoms in total. The van der Waals surface area contributed by atoms with Crippen molar-refractivity contribution in [1.29, 1.82) is 0 Å². The third-order valence-electron chi connectivity index (χ3n) is 3.62. The first-order valence-corrected chi connectivity index (χ1v) is 9.89. The molecule has 0 saturated carbocycles. The van der Waals surface area contributed by atoms with Gasteiger partial charge in [-0.3, -0.25) is 0 Å². The van der Waals surface area contributed by atoms with Crippen LogP contribution in [-0.4, -0.2) is 39.0 Å². The molecule has 1 aliphatic rings. The molecule has 1 aliphatic heterocycles. The van der Waals surface area contributed by atoms with Gasteiger partial charge in [-0.15, -0.1) is 11.3 Å². The van der Waals surface area contributed by atoms with Crippen molar-refractivity contribution in [3.8, 4) is 0 Å². The molecule has 7 heteroatoms. The van der Waals surface area contributed by atoms with Crippen LogP contribution in [0, 0.1) is 11.8 Å². The Morgan fingerprint density at radius 3 is 2.90 bits per heavy atom. The van der Waals surface area contributed by atoms with Crippen LogP contribution in [0.1, 0.15) is 18.2 Å². The summed E-state index contributed by atoms with van der Waals surface area (Å²) >= 11 is 1.73. The van der Waals surface area contributed by atoms with E-state index < -0.39 is 9.84 Å². The van der Waals surface area contributed by atoms with Crippen LogP contribution >= 0.6 is 11.3 Å². The second-order valence-electron chi connectivity index (χ2n) is 5.75. The van der Waals surface area contributed by atoms with E-state index in [0.29, 0.717) is 25.4 Å². The second-order valence-corrected chi connectivity index (χ2v) is 9.01. The summed E-state index contributed by atoms with van der Waals surface area (Å²) in [5, 5.41) is 7.66. The van der Waals surface area contributed by atoms with Crippen molar-refractivity contribution in [2.24, 2.45) is 11.8 Å². The fourth-order valence-electron chi connectivity index (χ4n) is 2.44. The van der Waals surface area contributed by atoms with Crippen LogP contribution in [0.5, 0.6) is 0 Å². The van der Waals surface area contributed by atoms with Gasteiger partial charge in [-0.1, -0.05) is 13.0 Å². The molecule has 2 N–H and O–H groups in total. The van der Waals surface area contributed by atoms with Gasteiger partial charge in [-0.05, 0) is 36.1 Å². The van der Waals surface area contributed by atoms with Crippen molar-refractivity contribution in [2.75, 3.05) is 24.6 Å². The Labute approximate surface area is 130 Å². The second kappa shape index (κ2) is 7.26. The Hall–Kier alpha value is -1.08. The first-order valence-electron chi connectivity index (χ1n) is 7.19. The molecule has 1 aromatic heterocycles. The van der Waals surface area contributed by atoms with E-state index in [0.717, 1.165) is 6.42 Å². The lowest BCUT2D eigenvalue weighted by Gasteiger charge is -2.14. The smallest absolute Gasteiger partial charge is 0.314 e.